The molecule has 2 N–H and O–H groups in total. The van der Waals surface area contributed by atoms with Crippen LogP contribution in [0.5, 0.6) is 5.75 Å². The number of ketones is 1. The third-order valence-corrected chi connectivity index (χ3v) is 2.80. The van der Waals surface area contributed by atoms with Crippen molar-refractivity contribution < 1.29 is 14.3 Å². The van der Waals surface area contributed by atoms with Crippen LogP contribution in [-0.2, 0) is 4.74 Å². The summed E-state index contributed by atoms with van der Waals surface area (Å²) in [6.07, 6.45) is 0. The number of benzene rings is 1. The SMILES string of the molecule is COCCOc1ccccc1C(=O)C(C)(C)CN. The standard InChI is InChI=1S/C14H21NO3/c1-14(2,10-15)13(16)11-6-4-5-7-12(11)18-9-8-17-3/h4-7H,8-10,15H2,1-3H3. The maximum Gasteiger partial charge on any atom is 0.173 e. The summed E-state index contributed by atoms with van der Waals surface area (Å²) in [6, 6.07) is 7.22. The van der Waals surface area contributed by atoms with Crippen LogP contribution in [-0.4, -0.2) is 32.7 Å². The fourth-order valence-electron chi connectivity index (χ4n) is 1.47. The highest BCUT2D eigenvalue weighted by atomic mass is 16.5. The van der Waals surface area contributed by atoms with Crippen molar-refractivity contribution in [2.24, 2.45) is 11.1 Å². The maximum atomic E-state index is 12.4. The number of Topliss-reactive ketones (excluding diaryl/α,β-unsaturated/α-hetero) is 1. The van der Waals surface area contributed by atoms with Gasteiger partial charge in [-0.1, -0.05) is 26.0 Å². The summed E-state index contributed by atoms with van der Waals surface area (Å²) >= 11 is 0. The molecule has 0 spiro atoms. The summed E-state index contributed by atoms with van der Waals surface area (Å²) in [5, 5.41) is 0. The van der Waals surface area contributed by atoms with E-state index < -0.39 is 5.41 Å². The summed E-state index contributed by atoms with van der Waals surface area (Å²) < 4.78 is 10.5. The van der Waals surface area contributed by atoms with Crippen molar-refractivity contribution in [3.05, 3.63) is 29.8 Å². The number of ether oxygens (including phenoxy) is 2. The zero-order valence-corrected chi connectivity index (χ0v) is 11.2. The molecule has 1 rings (SSSR count). The van der Waals surface area contributed by atoms with E-state index in [1.54, 1.807) is 19.2 Å². The first-order chi connectivity index (χ1) is 8.53. The molecule has 0 bridgehead atoms. The van der Waals surface area contributed by atoms with E-state index in [0.717, 1.165) is 0 Å². The van der Waals surface area contributed by atoms with Crippen molar-refractivity contribution in [1.29, 1.82) is 0 Å². The minimum Gasteiger partial charge on any atom is -0.490 e. The molecule has 100 valence electrons. The van der Waals surface area contributed by atoms with Gasteiger partial charge in [-0.2, -0.15) is 0 Å². The zero-order valence-electron chi connectivity index (χ0n) is 11.2. The molecule has 0 amide bonds. The Kier molecular flexibility index (Phi) is 5.31. The van der Waals surface area contributed by atoms with Gasteiger partial charge in [-0.3, -0.25) is 4.79 Å². The van der Waals surface area contributed by atoms with Crippen LogP contribution in [0.2, 0.25) is 0 Å². The normalized spacial score (nSPS) is 11.3. The molecule has 0 heterocycles. The lowest BCUT2D eigenvalue weighted by Gasteiger charge is -2.22. The van der Waals surface area contributed by atoms with Gasteiger partial charge in [0.15, 0.2) is 5.78 Å². The van der Waals surface area contributed by atoms with E-state index in [1.807, 2.05) is 26.0 Å². The lowest BCUT2D eigenvalue weighted by Crippen LogP contribution is -2.33. The number of hydrogen-bond acceptors (Lipinski definition) is 4. The summed E-state index contributed by atoms with van der Waals surface area (Å²) in [5.41, 5.74) is 5.63. The van der Waals surface area contributed by atoms with Crippen LogP contribution in [0.4, 0.5) is 0 Å². The van der Waals surface area contributed by atoms with Gasteiger partial charge in [0, 0.05) is 19.1 Å². The third kappa shape index (κ3) is 3.55. The average Bonchev–Trinajstić information content (AvgIpc) is 2.39. The molecular formula is C14H21NO3. The fraction of sp³-hybridized carbons (Fsp3) is 0.500. The largest absolute Gasteiger partial charge is 0.490 e. The van der Waals surface area contributed by atoms with Gasteiger partial charge in [0.1, 0.15) is 12.4 Å². The van der Waals surface area contributed by atoms with Crippen LogP contribution in [0.3, 0.4) is 0 Å². The molecule has 4 nitrogen and oxygen atoms in total. The van der Waals surface area contributed by atoms with Gasteiger partial charge in [0.25, 0.3) is 0 Å². The molecule has 4 heteroatoms. The van der Waals surface area contributed by atoms with E-state index >= 15 is 0 Å². The first kappa shape index (κ1) is 14.7. The van der Waals surface area contributed by atoms with Gasteiger partial charge in [-0.15, -0.1) is 0 Å². The molecule has 0 radical (unpaired) electrons. The van der Waals surface area contributed by atoms with E-state index in [4.69, 9.17) is 15.2 Å². The van der Waals surface area contributed by atoms with E-state index in [9.17, 15) is 4.79 Å². The molecular weight excluding hydrogens is 230 g/mol. The number of carbonyl (C=O) groups is 1. The van der Waals surface area contributed by atoms with E-state index in [1.165, 1.54) is 0 Å². The molecule has 0 aliphatic heterocycles. The third-order valence-electron chi connectivity index (χ3n) is 2.80. The molecule has 0 aliphatic rings. The number of nitrogens with two attached hydrogens (primary N) is 1. The van der Waals surface area contributed by atoms with Crippen molar-refractivity contribution in [3.63, 3.8) is 0 Å². The van der Waals surface area contributed by atoms with Crippen molar-refractivity contribution in [2.75, 3.05) is 26.9 Å². The van der Waals surface area contributed by atoms with Crippen LogP contribution in [0.1, 0.15) is 24.2 Å². The number of methoxy groups -OCH3 is 1. The molecule has 0 saturated carbocycles. The van der Waals surface area contributed by atoms with Crippen molar-refractivity contribution >= 4 is 5.78 Å². The minimum absolute atomic E-state index is 0.00184. The maximum absolute atomic E-state index is 12.4. The van der Waals surface area contributed by atoms with Crippen molar-refractivity contribution in [3.8, 4) is 5.75 Å². The highest BCUT2D eigenvalue weighted by Crippen LogP contribution is 2.27. The van der Waals surface area contributed by atoms with E-state index in [2.05, 4.69) is 0 Å². The molecule has 0 unspecified atom stereocenters. The van der Waals surface area contributed by atoms with Gasteiger partial charge < -0.3 is 15.2 Å². The zero-order chi connectivity index (χ0) is 13.6. The number of hydrogen-bond donors (Lipinski definition) is 1. The summed E-state index contributed by atoms with van der Waals surface area (Å²) in [5.74, 6) is 0.582. The topological polar surface area (TPSA) is 61.5 Å². The highest BCUT2D eigenvalue weighted by Gasteiger charge is 2.29. The molecule has 0 saturated heterocycles. The Morgan fingerprint density at radius 1 is 1.28 bits per heavy atom. The molecule has 18 heavy (non-hydrogen) atoms. The van der Waals surface area contributed by atoms with E-state index in [-0.39, 0.29) is 5.78 Å². The van der Waals surface area contributed by atoms with E-state index in [0.29, 0.717) is 31.1 Å². The van der Waals surface area contributed by atoms with Crippen LogP contribution in [0.15, 0.2) is 24.3 Å². The molecule has 1 aromatic carbocycles. The molecule has 0 aliphatic carbocycles. The number of carbonyl (C=O) groups excluding carboxylic acids is 1. The lowest BCUT2D eigenvalue weighted by molar-refractivity contribution is 0.0840. The Morgan fingerprint density at radius 3 is 2.56 bits per heavy atom. The fourth-order valence-corrected chi connectivity index (χ4v) is 1.47. The Balaban J connectivity index is 2.91. The monoisotopic (exact) mass is 251 g/mol. The molecule has 0 atom stereocenters. The van der Waals surface area contributed by atoms with Crippen LogP contribution in [0.25, 0.3) is 0 Å². The minimum atomic E-state index is -0.583. The second-order valence-corrected chi connectivity index (χ2v) is 4.75. The van der Waals surface area contributed by atoms with Gasteiger partial charge in [0.05, 0.1) is 12.2 Å². The lowest BCUT2D eigenvalue weighted by atomic mass is 9.84. The molecule has 0 fully saturated rings. The number of rotatable bonds is 7. The van der Waals surface area contributed by atoms with Gasteiger partial charge in [-0.25, -0.2) is 0 Å². The van der Waals surface area contributed by atoms with Gasteiger partial charge in [0.2, 0.25) is 0 Å². The van der Waals surface area contributed by atoms with Crippen LogP contribution >= 0.6 is 0 Å². The van der Waals surface area contributed by atoms with Crippen LogP contribution in [0, 0.1) is 5.41 Å². The Morgan fingerprint density at radius 2 is 1.94 bits per heavy atom. The second-order valence-electron chi connectivity index (χ2n) is 4.75. The van der Waals surface area contributed by atoms with Crippen molar-refractivity contribution in [2.45, 2.75) is 13.8 Å². The molecule has 1 aromatic rings. The quantitative estimate of drug-likeness (QED) is 0.593. The number of para-hydroxylation sites is 1. The first-order valence-corrected chi connectivity index (χ1v) is 5.98. The predicted octanol–water partition coefficient (Wildman–Crippen LogP) is 1.88. The predicted molar refractivity (Wildman–Crippen MR) is 71.0 cm³/mol. The Labute approximate surface area is 108 Å². The molecule has 0 aromatic heterocycles. The first-order valence-electron chi connectivity index (χ1n) is 5.98. The van der Waals surface area contributed by atoms with Crippen molar-refractivity contribution in [1.82, 2.24) is 0 Å². The van der Waals surface area contributed by atoms with Gasteiger partial charge in [-0.05, 0) is 12.1 Å². The van der Waals surface area contributed by atoms with Gasteiger partial charge >= 0.3 is 0 Å². The second kappa shape index (κ2) is 6.52. The Bertz CT molecular complexity index is 402. The highest BCUT2D eigenvalue weighted by molar-refractivity contribution is 6.02. The average molecular weight is 251 g/mol. The summed E-state index contributed by atoms with van der Waals surface area (Å²) in [7, 11) is 1.61. The van der Waals surface area contributed by atoms with Crippen LogP contribution < -0.4 is 10.5 Å². The summed E-state index contributed by atoms with van der Waals surface area (Å²) in [4.78, 5) is 12.4. The summed E-state index contributed by atoms with van der Waals surface area (Å²) in [6.45, 7) is 4.88. The Hall–Kier alpha value is -1.39. The smallest absolute Gasteiger partial charge is 0.173 e.